The Morgan fingerprint density at radius 3 is 2.71 bits per heavy atom. The summed E-state index contributed by atoms with van der Waals surface area (Å²) in [5, 5.41) is 10.6. The Morgan fingerprint density at radius 1 is 1.35 bits per heavy atom. The molecule has 3 N–H and O–H groups in total. The van der Waals surface area contributed by atoms with Crippen LogP contribution in [0.1, 0.15) is 35.3 Å². The molecule has 0 bridgehead atoms. The lowest BCUT2D eigenvalue weighted by molar-refractivity contribution is -0.141. The monoisotopic (exact) mass is 478 g/mol. The normalized spacial score (nSPS) is 20.7. The first kappa shape index (κ1) is 23.6. The van der Waals surface area contributed by atoms with Gasteiger partial charge in [0.15, 0.2) is 11.5 Å². The summed E-state index contributed by atoms with van der Waals surface area (Å²) in [5.74, 6) is -0.577. The van der Waals surface area contributed by atoms with E-state index in [9.17, 15) is 27.9 Å². The van der Waals surface area contributed by atoms with Crippen molar-refractivity contribution < 1.29 is 37.0 Å². The number of β-amino-alcohol motifs (C(OH)–C–C–N with tert-alkyl or cyclic N) is 1. The Kier molecular flexibility index (Phi) is 5.82. The number of pyridine rings is 1. The van der Waals surface area contributed by atoms with Gasteiger partial charge in [0.05, 0.1) is 31.8 Å². The van der Waals surface area contributed by atoms with Crippen LogP contribution in [0.4, 0.5) is 13.2 Å². The van der Waals surface area contributed by atoms with Crippen molar-refractivity contribution in [2.75, 3.05) is 13.7 Å². The van der Waals surface area contributed by atoms with Crippen molar-refractivity contribution in [2.24, 2.45) is 5.73 Å². The lowest BCUT2D eigenvalue weighted by Crippen LogP contribution is -2.38. The number of rotatable bonds is 5. The molecule has 0 radical (unpaired) electrons. The van der Waals surface area contributed by atoms with Crippen molar-refractivity contribution in [2.45, 2.75) is 37.7 Å². The van der Waals surface area contributed by atoms with E-state index >= 15 is 0 Å². The van der Waals surface area contributed by atoms with Gasteiger partial charge in [-0.15, -0.1) is 0 Å². The van der Waals surface area contributed by atoms with Crippen LogP contribution in [-0.2, 0) is 17.5 Å². The van der Waals surface area contributed by atoms with Gasteiger partial charge in [0.1, 0.15) is 23.2 Å². The third kappa shape index (κ3) is 4.10. The number of aliphatic hydroxyl groups is 1. The molecule has 12 heteroatoms. The van der Waals surface area contributed by atoms with Gasteiger partial charge >= 0.3 is 6.18 Å². The van der Waals surface area contributed by atoms with E-state index in [0.29, 0.717) is 6.29 Å². The highest BCUT2D eigenvalue weighted by Crippen LogP contribution is 2.37. The molecule has 1 amide bonds. The van der Waals surface area contributed by atoms with Gasteiger partial charge in [-0.25, -0.2) is 9.97 Å². The van der Waals surface area contributed by atoms with Gasteiger partial charge < -0.3 is 29.7 Å². The van der Waals surface area contributed by atoms with Crippen LogP contribution in [0.2, 0.25) is 0 Å². The number of benzene rings is 1. The first-order valence-electron chi connectivity index (χ1n) is 10.2. The Morgan fingerprint density at radius 2 is 2.09 bits per heavy atom. The lowest BCUT2D eigenvalue weighted by atomic mass is 10.0. The third-order valence-electron chi connectivity index (χ3n) is 5.62. The maximum atomic E-state index is 13.2. The van der Waals surface area contributed by atoms with E-state index in [0.717, 1.165) is 6.07 Å². The number of amides is 1. The van der Waals surface area contributed by atoms with Crippen molar-refractivity contribution in [1.29, 1.82) is 0 Å². The summed E-state index contributed by atoms with van der Waals surface area (Å²) in [4.78, 5) is 33.8. The van der Waals surface area contributed by atoms with Crippen LogP contribution in [0.5, 0.6) is 5.75 Å². The Balaban J connectivity index is 1.81. The molecule has 3 heterocycles. The largest absolute Gasteiger partial charge is 0.494 e. The number of aromatic nitrogens is 2. The molecule has 0 saturated carbocycles. The summed E-state index contributed by atoms with van der Waals surface area (Å²) >= 11 is 0. The van der Waals surface area contributed by atoms with Gasteiger partial charge in [0, 0.05) is 17.4 Å². The van der Waals surface area contributed by atoms with Gasteiger partial charge in [-0.05, 0) is 31.2 Å². The molecule has 3 aromatic rings. The second kappa shape index (κ2) is 8.37. The number of nitrogens with two attached hydrogens (primary N) is 1. The SMILES string of the molecule is COc1ccc(-c2nc(C(=O)N3CC(C)(O)C[C@H]3C=O)c(CN)o2)c2ccc(C(F)(F)F)nc12. The number of methoxy groups -OCH3 is 1. The number of hydrogen-bond acceptors (Lipinski definition) is 8. The summed E-state index contributed by atoms with van der Waals surface area (Å²) in [6.07, 6.45) is -4.01. The average Bonchev–Trinajstić information content (AvgIpc) is 3.36. The molecule has 1 aromatic carbocycles. The summed E-state index contributed by atoms with van der Waals surface area (Å²) in [6.45, 7) is 1.23. The van der Waals surface area contributed by atoms with E-state index in [1.807, 2.05) is 0 Å². The summed E-state index contributed by atoms with van der Waals surface area (Å²) in [6, 6.07) is 4.13. The number of nitrogens with zero attached hydrogens (tertiary/aromatic N) is 3. The molecule has 2 atom stereocenters. The Labute approximate surface area is 191 Å². The summed E-state index contributed by atoms with van der Waals surface area (Å²) in [5.41, 5.74) is 3.46. The fourth-order valence-electron chi connectivity index (χ4n) is 4.06. The first-order valence-corrected chi connectivity index (χ1v) is 10.2. The molecule has 1 saturated heterocycles. The number of carbonyl (C=O) groups excluding carboxylic acids is 2. The smallest absolute Gasteiger partial charge is 0.433 e. The zero-order valence-electron chi connectivity index (χ0n) is 18.2. The minimum atomic E-state index is -4.66. The van der Waals surface area contributed by atoms with Crippen molar-refractivity contribution >= 4 is 23.1 Å². The van der Waals surface area contributed by atoms with Gasteiger partial charge in [-0.1, -0.05) is 0 Å². The van der Waals surface area contributed by atoms with Gasteiger partial charge in [0.25, 0.3) is 5.91 Å². The summed E-state index contributed by atoms with van der Waals surface area (Å²) in [7, 11) is 1.30. The van der Waals surface area contributed by atoms with Crippen molar-refractivity contribution in [3.05, 3.63) is 41.4 Å². The average molecular weight is 478 g/mol. The molecular formula is C22H21F3N4O5. The van der Waals surface area contributed by atoms with Crippen molar-refractivity contribution in [3.63, 3.8) is 0 Å². The highest BCUT2D eigenvalue weighted by atomic mass is 19.4. The third-order valence-corrected chi connectivity index (χ3v) is 5.62. The topological polar surface area (TPSA) is 132 Å². The van der Waals surface area contributed by atoms with E-state index in [4.69, 9.17) is 14.9 Å². The highest BCUT2D eigenvalue weighted by Gasteiger charge is 2.43. The molecule has 180 valence electrons. The molecule has 0 aliphatic carbocycles. The quantitative estimate of drug-likeness (QED) is 0.535. The van der Waals surface area contributed by atoms with E-state index in [-0.39, 0.29) is 59.1 Å². The molecule has 1 aliphatic rings. The molecule has 4 rings (SSSR count). The number of alkyl halides is 3. The Hall–Kier alpha value is -3.51. The fraction of sp³-hybridized carbons (Fsp3) is 0.364. The zero-order valence-corrected chi connectivity index (χ0v) is 18.2. The number of hydrogen-bond donors (Lipinski definition) is 2. The first-order chi connectivity index (χ1) is 16.0. The van der Waals surface area contributed by atoms with E-state index in [1.54, 1.807) is 0 Å². The predicted molar refractivity (Wildman–Crippen MR) is 113 cm³/mol. The van der Waals surface area contributed by atoms with Crippen molar-refractivity contribution in [1.82, 2.24) is 14.9 Å². The molecule has 1 aliphatic heterocycles. The second-order valence-electron chi connectivity index (χ2n) is 8.24. The lowest BCUT2D eigenvalue weighted by Gasteiger charge is -2.20. The molecule has 2 aromatic heterocycles. The number of oxazole rings is 1. The molecule has 1 unspecified atom stereocenters. The molecule has 0 spiro atoms. The number of halogens is 3. The number of ether oxygens (including phenoxy) is 1. The fourth-order valence-corrected chi connectivity index (χ4v) is 4.06. The number of carbonyl (C=O) groups is 2. The molecular weight excluding hydrogens is 457 g/mol. The predicted octanol–water partition coefficient (Wildman–Crippen LogP) is 2.54. The maximum absolute atomic E-state index is 13.2. The molecule has 9 nitrogen and oxygen atoms in total. The number of aldehydes is 1. The summed E-state index contributed by atoms with van der Waals surface area (Å²) < 4.78 is 50.5. The van der Waals surface area contributed by atoms with Crippen LogP contribution in [-0.4, -0.2) is 57.5 Å². The van der Waals surface area contributed by atoms with E-state index < -0.39 is 29.4 Å². The highest BCUT2D eigenvalue weighted by molar-refractivity contribution is 5.98. The van der Waals surface area contributed by atoms with E-state index in [1.165, 1.54) is 37.1 Å². The van der Waals surface area contributed by atoms with Gasteiger partial charge in [-0.2, -0.15) is 13.2 Å². The molecule has 34 heavy (non-hydrogen) atoms. The number of fused-ring (bicyclic) bond motifs is 1. The molecule has 1 fully saturated rings. The van der Waals surface area contributed by atoms with Crippen LogP contribution in [0.25, 0.3) is 22.4 Å². The van der Waals surface area contributed by atoms with Crippen LogP contribution in [0.3, 0.4) is 0 Å². The van der Waals surface area contributed by atoms with Crippen LogP contribution < -0.4 is 10.5 Å². The van der Waals surface area contributed by atoms with Crippen LogP contribution in [0.15, 0.2) is 28.7 Å². The van der Waals surface area contributed by atoms with Crippen molar-refractivity contribution in [3.8, 4) is 17.2 Å². The standard InChI is InChI=1S/C22H21F3N4O5/c1-21(32)7-11(9-30)29(10-21)20(31)18-15(8-26)34-19(28-18)13-3-5-14(33-2)17-12(13)4-6-16(27-17)22(23,24)25/h3-6,9,11,32H,7-8,10,26H2,1-2H3/t11-,21?/m0/s1. The van der Waals surface area contributed by atoms with E-state index in [2.05, 4.69) is 9.97 Å². The minimum absolute atomic E-state index is 0.0278. The second-order valence-corrected chi connectivity index (χ2v) is 8.24. The minimum Gasteiger partial charge on any atom is -0.494 e. The maximum Gasteiger partial charge on any atom is 0.433 e. The number of likely N-dealkylation sites (tertiary alicyclic amines) is 1. The van der Waals surface area contributed by atoms with Crippen LogP contribution >= 0.6 is 0 Å². The zero-order chi connectivity index (χ0) is 24.8. The Bertz CT molecular complexity index is 1270. The van der Waals surface area contributed by atoms with Gasteiger partial charge in [0.2, 0.25) is 5.89 Å². The van der Waals surface area contributed by atoms with Crippen LogP contribution in [0, 0.1) is 0 Å². The van der Waals surface area contributed by atoms with Gasteiger partial charge in [-0.3, -0.25) is 4.79 Å².